The van der Waals surface area contributed by atoms with E-state index in [1.54, 1.807) is 36.4 Å². The van der Waals surface area contributed by atoms with Crippen molar-refractivity contribution < 1.29 is 22.0 Å². The third kappa shape index (κ3) is 4.05. The van der Waals surface area contributed by atoms with Crippen LogP contribution < -0.4 is 0 Å². The number of aromatic nitrogens is 1. The molecule has 0 radical (unpaired) electrons. The Morgan fingerprint density at radius 3 is 2.42 bits per heavy atom. The van der Waals surface area contributed by atoms with E-state index in [9.17, 15) is 8.42 Å². The van der Waals surface area contributed by atoms with Crippen LogP contribution in [0.1, 0.15) is 11.7 Å². The van der Waals surface area contributed by atoms with Crippen molar-refractivity contribution >= 4 is 33.3 Å². The maximum atomic E-state index is 12.7. The average molecular weight is 436 g/mol. The quantitative estimate of drug-likeness (QED) is 0.464. The summed E-state index contributed by atoms with van der Waals surface area (Å²) in [5.41, 5.74) is 2.33. The lowest BCUT2D eigenvalue weighted by molar-refractivity contribution is 0.0730. The highest BCUT2D eigenvalue weighted by Crippen LogP contribution is 2.26. The molecular formula is C23H20N2O5S. The van der Waals surface area contributed by atoms with Crippen molar-refractivity contribution in [2.45, 2.75) is 4.90 Å². The van der Waals surface area contributed by atoms with Gasteiger partial charge in [0.05, 0.1) is 18.1 Å². The molecule has 0 N–H and O–H groups in total. The SMILES string of the molecule is O=S(=O)(c1ccc(-c2ccc(/C=C/c3nc4ccccc4o3)o2)cc1)N1CCOCC1. The largest absolute Gasteiger partial charge is 0.457 e. The first-order valence-corrected chi connectivity index (χ1v) is 11.4. The molecule has 2 aromatic carbocycles. The Labute approximate surface area is 179 Å². The van der Waals surface area contributed by atoms with Gasteiger partial charge in [0.2, 0.25) is 15.9 Å². The van der Waals surface area contributed by atoms with Gasteiger partial charge in [0.15, 0.2) is 5.58 Å². The number of sulfonamides is 1. The van der Waals surface area contributed by atoms with Crippen molar-refractivity contribution in [2.75, 3.05) is 26.3 Å². The maximum Gasteiger partial charge on any atom is 0.243 e. The van der Waals surface area contributed by atoms with Gasteiger partial charge in [0.25, 0.3) is 0 Å². The van der Waals surface area contributed by atoms with E-state index in [0.29, 0.717) is 43.7 Å². The molecule has 5 rings (SSSR count). The molecule has 0 saturated carbocycles. The molecule has 0 atom stereocenters. The number of nitrogens with zero attached hydrogens (tertiary/aromatic N) is 2. The fourth-order valence-corrected chi connectivity index (χ4v) is 4.85. The highest BCUT2D eigenvalue weighted by Gasteiger charge is 2.26. The summed E-state index contributed by atoms with van der Waals surface area (Å²) in [6.45, 7) is 1.59. The lowest BCUT2D eigenvalue weighted by atomic mass is 10.2. The van der Waals surface area contributed by atoms with Gasteiger partial charge in [-0.3, -0.25) is 0 Å². The minimum absolute atomic E-state index is 0.265. The number of furan rings is 1. The molecule has 0 bridgehead atoms. The van der Waals surface area contributed by atoms with E-state index >= 15 is 0 Å². The van der Waals surface area contributed by atoms with Gasteiger partial charge in [-0.25, -0.2) is 13.4 Å². The van der Waals surface area contributed by atoms with Gasteiger partial charge in [-0.2, -0.15) is 4.31 Å². The molecule has 8 heteroatoms. The summed E-state index contributed by atoms with van der Waals surface area (Å²) in [6.07, 6.45) is 3.53. The van der Waals surface area contributed by atoms with E-state index in [4.69, 9.17) is 13.6 Å². The second kappa shape index (κ2) is 8.14. The van der Waals surface area contributed by atoms with E-state index in [1.165, 1.54) is 4.31 Å². The maximum absolute atomic E-state index is 12.7. The van der Waals surface area contributed by atoms with E-state index < -0.39 is 10.0 Å². The van der Waals surface area contributed by atoms with Crippen molar-refractivity contribution in [3.63, 3.8) is 0 Å². The number of fused-ring (bicyclic) bond motifs is 1. The fourth-order valence-electron chi connectivity index (χ4n) is 3.44. The van der Waals surface area contributed by atoms with Crippen LogP contribution in [-0.4, -0.2) is 44.0 Å². The first-order chi connectivity index (χ1) is 15.1. The molecule has 1 fully saturated rings. The predicted octanol–water partition coefficient (Wildman–Crippen LogP) is 4.28. The van der Waals surface area contributed by atoms with Gasteiger partial charge < -0.3 is 13.6 Å². The summed E-state index contributed by atoms with van der Waals surface area (Å²) in [5, 5.41) is 0. The average Bonchev–Trinajstić information content (AvgIpc) is 3.45. The Hall–Kier alpha value is -3.20. The van der Waals surface area contributed by atoms with Crippen LogP contribution in [0, 0.1) is 0 Å². The van der Waals surface area contributed by atoms with Crippen molar-refractivity contribution in [1.82, 2.24) is 9.29 Å². The van der Waals surface area contributed by atoms with Gasteiger partial charge in [-0.05, 0) is 54.6 Å². The van der Waals surface area contributed by atoms with E-state index in [1.807, 2.05) is 36.4 Å². The summed E-state index contributed by atoms with van der Waals surface area (Å²) >= 11 is 0. The summed E-state index contributed by atoms with van der Waals surface area (Å²) in [6, 6.07) is 18.0. The molecule has 1 saturated heterocycles. The van der Waals surface area contributed by atoms with Crippen LogP contribution in [0.25, 0.3) is 34.6 Å². The number of ether oxygens (including phenoxy) is 1. The molecule has 3 heterocycles. The Balaban J connectivity index is 1.32. The molecule has 2 aromatic heterocycles. The molecule has 31 heavy (non-hydrogen) atoms. The number of para-hydroxylation sites is 2. The molecule has 1 aliphatic heterocycles. The first kappa shape index (κ1) is 19.7. The number of benzene rings is 2. The second-order valence-electron chi connectivity index (χ2n) is 7.10. The number of hydrogen-bond donors (Lipinski definition) is 0. The Morgan fingerprint density at radius 2 is 1.65 bits per heavy atom. The Morgan fingerprint density at radius 1 is 0.871 bits per heavy atom. The van der Waals surface area contributed by atoms with Gasteiger partial charge in [-0.15, -0.1) is 0 Å². The number of hydrogen-bond acceptors (Lipinski definition) is 6. The van der Waals surface area contributed by atoms with E-state index in [2.05, 4.69) is 4.98 Å². The zero-order valence-electron chi connectivity index (χ0n) is 16.6. The Kier molecular flexibility index (Phi) is 5.19. The lowest BCUT2D eigenvalue weighted by Crippen LogP contribution is -2.40. The fraction of sp³-hybridized carbons (Fsp3) is 0.174. The van der Waals surface area contributed by atoms with Gasteiger partial charge in [0, 0.05) is 24.7 Å². The summed E-state index contributed by atoms with van der Waals surface area (Å²) in [7, 11) is -3.51. The highest BCUT2D eigenvalue weighted by molar-refractivity contribution is 7.89. The molecule has 0 spiro atoms. The molecule has 0 unspecified atom stereocenters. The highest BCUT2D eigenvalue weighted by atomic mass is 32.2. The van der Waals surface area contributed by atoms with Crippen LogP contribution >= 0.6 is 0 Å². The molecule has 4 aromatic rings. The number of oxazole rings is 1. The van der Waals surface area contributed by atoms with Crippen LogP contribution in [0.3, 0.4) is 0 Å². The van der Waals surface area contributed by atoms with E-state index in [0.717, 1.165) is 16.7 Å². The van der Waals surface area contributed by atoms with Crippen molar-refractivity contribution in [1.29, 1.82) is 0 Å². The summed E-state index contributed by atoms with van der Waals surface area (Å²) in [5.74, 6) is 1.78. The smallest absolute Gasteiger partial charge is 0.243 e. The third-order valence-corrected chi connectivity index (χ3v) is 6.99. The van der Waals surface area contributed by atoms with Crippen molar-refractivity contribution in [2.24, 2.45) is 0 Å². The molecule has 0 amide bonds. The lowest BCUT2D eigenvalue weighted by Gasteiger charge is -2.26. The van der Waals surface area contributed by atoms with Crippen LogP contribution in [0.15, 0.2) is 74.4 Å². The van der Waals surface area contributed by atoms with Gasteiger partial charge >= 0.3 is 0 Å². The normalized spacial score (nSPS) is 15.7. The Bertz CT molecular complexity index is 1300. The summed E-state index contributed by atoms with van der Waals surface area (Å²) < 4.78 is 43.7. The van der Waals surface area contributed by atoms with E-state index in [-0.39, 0.29) is 4.90 Å². The molecule has 1 aliphatic rings. The molecule has 0 aliphatic carbocycles. The molecule has 7 nitrogen and oxygen atoms in total. The monoisotopic (exact) mass is 436 g/mol. The number of morpholine rings is 1. The minimum atomic E-state index is -3.51. The van der Waals surface area contributed by atoms with Crippen LogP contribution in [0.4, 0.5) is 0 Å². The standard InChI is InChI=1S/C23H20N2O5S/c26-31(27,25-13-15-28-16-14-25)19-9-5-17(6-10-19)21-11-7-18(29-21)8-12-23-24-20-3-1-2-4-22(20)30-23/h1-12H,13-16H2/b12-8+. The second-order valence-corrected chi connectivity index (χ2v) is 9.03. The summed E-state index contributed by atoms with van der Waals surface area (Å²) in [4.78, 5) is 4.66. The van der Waals surface area contributed by atoms with Crippen molar-refractivity contribution in [3.05, 3.63) is 72.3 Å². The third-order valence-electron chi connectivity index (χ3n) is 5.07. The van der Waals surface area contributed by atoms with Gasteiger partial charge in [-0.1, -0.05) is 12.1 Å². The van der Waals surface area contributed by atoms with Crippen LogP contribution in [-0.2, 0) is 14.8 Å². The van der Waals surface area contributed by atoms with Crippen LogP contribution in [0.5, 0.6) is 0 Å². The van der Waals surface area contributed by atoms with Crippen molar-refractivity contribution in [3.8, 4) is 11.3 Å². The van der Waals surface area contributed by atoms with Crippen LogP contribution in [0.2, 0.25) is 0 Å². The predicted molar refractivity (Wildman–Crippen MR) is 117 cm³/mol. The van der Waals surface area contributed by atoms with Gasteiger partial charge in [0.1, 0.15) is 17.0 Å². The first-order valence-electron chi connectivity index (χ1n) is 9.91. The molecule has 158 valence electrons. The zero-order chi connectivity index (χ0) is 21.3. The molecular weight excluding hydrogens is 416 g/mol. The zero-order valence-corrected chi connectivity index (χ0v) is 17.4. The minimum Gasteiger partial charge on any atom is -0.457 e. The topological polar surface area (TPSA) is 85.8 Å². The number of rotatable bonds is 5.